The molecule has 0 fully saturated rings. The summed E-state index contributed by atoms with van der Waals surface area (Å²) in [7, 11) is 3.02. The fourth-order valence-corrected chi connectivity index (χ4v) is 4.09. The highest BCUT2D eigenvalue weighted by atomic mass is 35.5. The maximum absolute atomic E-state index is 13.1. The molecule has 2 atom stereocenters. The Morgan fingerprint density at radius 1 is 0.800 bits per heavy atom. The minimum absolute atomic E-state index is 0.0546. The number of halogens is 2. The molecule has 0 spiro atoms. The van der Waals surface area contributed by atoms with Gasteiger partial charge in [-0.3, -0.25) is 14.4 Å². The molecule has 0 bridgehead atoms. The van der Waals surface area contributed by atoms with Crippen LogP contribution in [0.2, 0.25) is 10.0 Å². The number of ether oxygens (including phenoxy) is 2. The van der Waals surface area contributed by atoms with Gasteiger partial charge in [-0.1, -0.05) is 50.0 Å². The maximum Gasteiger partial charge on any atom is 0.315 e. The van der Waals surface area contributed by atoms with Crippen LogP contribution in [-0.4, -0.2) is 49.9 Å². The molecule has 0 aliphatic rings. The van der Waals surface area contributed by atoms with Crippen LogP contribution < -0.4 is 30.7 Å². The van der Waals surface area contributed by atoms with E-state index < -0.39 is 35.7 Å². The zero-order valence-electron chi connectivity index (χ0n) is 23.2. The number of methoxy groups -OCH3 is 2. The molecule has 0 saturated heterocycles. The Labute approximate surface area is 244 Å². The highest BCUT2D eigenvalue weighted by Gasteiger charge is 2.29. The van der Waals surface area contributed by atoms with Gasteiger partial charge in [0, 0.05) is 19.2 Å². The van der Waals surface area contributed by atoms with Gasteiger partial charge >= 0.3 is 6.03 Å². The molecule has 2 rings (SSSR count). The smallest absolute Gasteiger partial charge is 0.315 e. The topological polar surface area (TPSA) is 135 Å². The Morgan fingerprint density at radius 3 is 1.98 bits per heavy atom. The van der Waals surface area contributed by atoms with Crippen molar-refractivity contribution in [1.29, 1.82) is 0 Å². The van der Waals surface area contributed by atoms with Crippen LogP contribution in [0.5, 0.6) is 11.5 Å². The van der Waals surface area contributed by atoms with Crippen molar-refractivity contribution in [2.45, 2.75) is 58.8 Å². The second-order valence-electron chi connectivity index (χ2n) is 9.49. The van der Waals surface area contributed by atoms with Crippen molar-refractivity contribution in [1.82, 2.24) is 21.3 Å². The van der Waals surface area contributed by atoms with Crippen LogP contribution in [0.15, 0.2) is 36.4 Å². The minimum Gasteiger partial charge on any atom is -0.497 e. The van der Waals surface area contributed by atoms with E-state index >= 15 is 0 Å². The second-order valence-corrected chi connectivity index (χ2v) is 10.3. The van der Waals surface area contributed by atoms with E-state index in [4.69, 9.17) is 32.7 Å². The number of nitrogens with one attached hydrogen (secondary N) is 4. The molecule has 0 radical (unpaired) electrons. The molecule has 2 aromatic carbocycles. The Morgan fingerprint density at radius 2 is 1.43 bits per heavy atom. The van der Waals surface area contributed by atoms with Crippen LogP contribution in [0, 0.1) is 5.92 Å². The third-order valence-electron chi connectivity index (χ3n) is 5.90. The standard InChI is InChI=1S/C28H36Cl2N4O6/c1-6-23(25(35)27(37)31-15-18-10-19(39-4)13-20(11-18)40-5)33-26(36)24(9-16(2)3)34-28(38)32-14-17-7-8-21(29)22(30)12-17/h7-8,10-13,16,23-24H,6,9,14-15H2,1-5H3,(H,31,37)(H,33,36)(H2,32,34,38). The summed E-state index contributed by atoms with van der Waals surface area (Å²) in [5, 5.41) is 11.3. The lowest BCUT2D eigenvalue weighted by molar-refractivity contribution is -0.140. The lowest BCUT2D eigenvalue weighted by Gasteiger charge is -2.23. The number of amides is 4. The van der Waals surface area contributed by atoms with Crippen LogP contribution in [-0.2, 0) is 27.5 Å². The summed E-state index contributed by atoms with van der Waals surface area (Å²) in [5.41, 5.74) is 1.40. The van der Waals surface area contributed by atoms with Crippen LogP contribution in [0.25, 0.3) is 0 Å². The predicted octanol–water partition coefficient (Wildman–Crippen LogP) is 4.00. The molecule has 2 aromatic rings. The summed E-state index contributed by atoms with van der Waals surface area (Å²) in [6.07, 6.45) is 0.503. The van der Waals surface area contributed by atoms with Gasteiger partial charge in [0.05, 0.1) is 30.3 Å². The predicted molar refractivity (Wildman–Crippen MR) is 154 cm³/mol. The second kappa shape index (κ2) is 15.9. The average Bonchev–Trinajstić information content (AvgIpc) is 2.93. The van der Waals surface area contributed by atoms with E-state index in [-0.39, 0.29) is 25.4 Å². The molecule has 0 saturated carbocycles. The van der Waals surface area contributed by atoms with Crippen molar-refractivity contribution in [2.75, 3.05) is 14.2 Å². The molecule has 0 aliphatic carbocycles. The van der Waals surface area contributed by atoms with Crippen molar-refractivity contribution in [3.63, 3.8) is 0 Å². The molecular formula is C28H36Cl2N4O6. The fraction of sp³-hybridized carbons (Fsp3) is 0.429. The van der Waals surface area contributed by atoms with Crippen LogP contribution in [0.1, 0.15) is 44.7 Å². The van der Waals surface area contributed by atoms with E-state index in [0.29, 0.717) is 33.5 Å². The van der Waals surface area contributed by atoms with Gasteiger partial charge in [0.2, 0.25) is 11.7 Å². The third kappa shape index (κ3) is 10.2. The average molecular weight is 596 g/mol. The van der Waals surface area contributed by atoms with E-state index in [2.05, 4.69) is 21.3 Å². The Hall–Kier alpha value is -3.50. The number of hydrogen-bond acceptors (Lipinski definition) is 6. The number of urea groups is 1. The first-order chi connectivity index (χ1) is 19.0. The number of hydrogen-bond donors (Lipinski definition) is 4. The molecule has 2 unspecified atom stereocenters. The Bertz CT molecular complexity index is 1190. The quantitative estimate of drug-likeness (QED) is 0.244. The van der Waals surface area contributed by atoms with Gasteiger partial charge in [-0.15, -0.1) is 0 Å². The normalized spacial score (nSPS) is 12.2. The zero-order chi connectivity index (χ0) is 29.8. The lowest BCUT2D eigenvalue weighted by Crippen LogP contribution is -2.55. The molecule has 4 N–H and O–H groups in total. The largest absolute Gasteiger partial charge is 0.497 e. The number of rotatable bonds is 14. The summed E-state index contributed by atoms with van der Waals surface area (Å²) in [6.45, 7) is 5.70. The van der Waals surface area contributed by atoms with Crippen LogP contribution >= 0.6 is 23.2 Å². The monoisotopic (exact) mass is 594 g/mol. The first-order valence-corrected chi connectivity index (χ1v) is 13.6. The number of benzene rings is 2. The van der Waals surface area contributed by atoms with Gasteiger partial charge < -0.3 is 30.7 Å². The summed E-state index contributed by atoms with van der Waals surface area (Å²) in [4.78, 5) is 51.1. The maximum atomic E-state index is 13.1. The molecular weight excluding hydrogens is 559 g/mol. The van der Waals surface area contributed by atoms with Crippen LogP contribution in [0.3, 0.4) is 0 Å². The van der Waals surface area contributed by atoms with Gasteiger partial charge in [0.1, 0.15) is 17.5 Å². The molecule has 12 heteroatoms. The first-order valence-electron chi connectivity index (χ1n) is 12.8. The Balaban J connectivity index is 1.99. The summed E-state index contributed by atoms with van der Waals surface area (Å²) < 4.78 is 10.4. The van der Waals surface area contributed by atoms with E-state index in [1.54, 1.807) is 43.3 Å². The fourth-order valence-electron chi connectivity index (χ4n) is 3.77. The van der Waals surface area contributed by atoms with E-state index in [1.165, 1.54) is 14.2 Å². The van der Waals surface area contributed by atoms with E-state index in [1.807, 2.05) is 13.8 Å². The van der Waals surface area contributed by atoms with Gasteiger partial charge in [-0.05, 0) is 54.2 Å². The summed E-state index contributed by atoms with van der Waals surface area (Å²) in [5.74, 6) is -1.06. The molecule has 0 aromatic heterocycles. The highest BCUT2D eigenvalue weighted by molar-refractivity contribution is 6.42. The van der Waals surface area contributed by atoms with Gasteiger partial charge in [0.25, 0.3) is 5.91 Å². The van der Waals surface area contributed by atoms with Crippen molar-refractivity contribution in [2.24, 2.45) is 5.92 Å². The first kappa shape index (κ1) is 32.7. The van der Waals surface area contributed by atoms with Gasteiger partial charge in [0.15, 0.2) is 0 Å². The zero-order valence-corrected chi connectivity index (χ0v) is 24.7. The van der Waals surface area contributed by atoms with E-state index in [0.717, 1.165) is 5.56 Å². The van der Waals surface area contributed by atoms with Crippen molar-refractivity contribution in [3.8, 4) is 11.5 Å². The van der Waals surface area contributed by atoms with Gasteiger partial charge in [-0.25, -0.2) is 4.79 Å². The SMILES string of the molecule is CCC(NC(=O)C(CC(C)C)NC(=O)NCc1ccc(Cl)c(Cl)c1)C(=O)C(=O)NCc1cc(OC)cc(OC)c1. The summed E-state index contributed by atoms with van der Waals surface area (Å²) in [6, 6.07) is 7.52. The molecule has 40 heavy (non-hydrogen) atoms. The van der Waals surface area contributed by atoms with Crippen molar-refractivity contribution in [3.05, 3.63) is 57.6 Å². The number of Topliss-reactive ketones (excluding diaryl/α,β-unsaturated/α-hetero) is 1. The number of carbonyl (C=O) groups is 4. The van der Waals surface area contributed by atoms with Crippen molar-refractivity contribution >= 4 is 46.8 Å². The molecule has 10 nitrogen and oxygen atoms in total. The minimum atomic E-state index is -1.07. The molecule has 0 aliphatic heterocycles. The molecule has 4 amide bonds. The highest BCUT2D eigenvalue weighted by Crippen LogP contribution is 2.23. The summed E-state index contributed by atoms with van der Waals surface area (Å²) >= 11 is 11.9. The number of carbonyl (C=O) groups excluding carboxylic acids is 4. The number of ketones is 1. The van der Waals surface area contributed by atoms with Crippen LogP contribution in [0.4, 0.5) is 4.79 Å². The van der Waals surface area contributed by atoms with Gasteiger partial charge in [-0.2, -0.15) is 0 Å². The molecule has 218 valence electrons. The Kier molecular flexibility index (Phi) is 13.0. The van der Waals surface area contributed by atoms with E-state index in [9.17, 15) is 19.2 Å². The molecule has 0 heterocycles. The van der Waals surface area contributed by atoms with Crippen molar-refractivity contribution < 1.29 is 28.7 Å². The lowest BCUT2D eigenvalue weighted by atomic mass is 10.0. The third-order valence-corrected chi connectivity index (χ3v) is 6.63.